The van der Waals surface area contributed by atoms with Gasteiger partial charge in [-0.25, -0.2) is 13.2 Å². The Hall–Kier alpha value is -1.90. The Bertz CT molecular complexity index is 1040. The van der Waals surface area contributed by atoms with Gasteiger partial charge in [-0.15, -0.1) is 11.3 Å². The van der Waals surface area contributed by atoms with Gasteiger partial charge >= 0.3 is 5.97 Å². The van der Waals surface area contributed by atoms with E-state index in [1.807, 2.05) is 12.1 Å². The number of benzene rings is 2. The van der Waals surface area contributed by atoms with Gasteiger partial charge in [0.1, 0.15) is 4.90 Å². The van der Waals surface area contributed by atoms with Crippen molar-refractivity contribution in [1.82, 2.24) is 0 Å². The second kappa shape index (κ2) is 5.63. The van der Waals surface area contributed by atoms with E-state index < -0.39 is 15.8 Å². The van der Waals surface area contributed by atoms with E-state index in [-0.39, 0.29) is 21.0 Å². The first kappa shape index (κ1) is 16.0. The van der Waals surface area contributed by atoms with Crippen molar-refractivity contribution in [2.24, 2.45) is 0 Å². The van der Waals surface area contributed by atoms with Gasteiger partial charge in [-0.1, -0.05) is 34.1 Å². The van der Waals surface area contributed by atoms with Gasteiger partial charge in [-0.2, -0.15) is 0 Å². The van der Waals surface area contributed by atoms with Crippen LogP contribution in [0.4, 0.5) is 5.69 Å². The fraction of sp³-hybridized carbons (Fsp3) is 0. The van der Waals surface area contributed by atoms with Crippen LogP contribution < -0.4 is 5.73 Å². The molecular weight excluding hydrogens is 402 g/mol. The van der Waals surface area contributed by atoms with Crippen LogP contribution in [0, 0.1) is 0 Å². The van der Waals surface area contributed by atoms with Crippen molar-refractivity contribution in [2.75, 3.05) is 5.73 Å². The highest BCUT2D eigenvalue weighted by Gasteiger charge is 2.29. The van der Waals surface area contributed by atoms with E-state index in [1.165, 1.54) is 28.8 Å². The monoisotopic (exact) mass is 411 g/mol. The molecule has 0 unspecified atom stereocenters. The van der Waals surface area contributed by atoms with E-state index in [1.54, 1.807) is 12.1 Å². The molecule has 2 aromatic carbocycles. The molecule has 8 heteroatoms. The Balaban J connectivity index is 2.36. The number of carboxylic acids is 1. The summed E-state index contributed by atoms with van der Waals surface area (Å²) in [5.41, 5.74) is 5.37. The lowest BCUT2D eigenvalue weighted by Crippen LogP contribution is -2.12. The minimum absolute atomic E-state index is 0.0645. The maximum atomic E-state index is 13.0. The summed E-state index contributed by atoms with van der Waals surface area (Å²) < 4.78 is 27.2. The van der Waals surface area contributed by atoms with Gasteiger partial charge in [-0.05, 0) is 18.2 Å². The fourth-order valence-corrected chi connectivity index (χ4v) is 5.85. The highest BCUT2D eigenvalue weighted by Crippen LogP contribution is 2.37. The third-order valence-electron chi connectivity index (χ3n) is 3.32. The number of carbonyl (C=O) groups is 1. The van der Waals surface area contributed by atoms with Crippen LogP contribution in [0.1, 0.15) is 10.4 Å². The SMILES string of the molecule is Nc1cc(Br)cc(C(=O)O)c1S(=O)(=O)c1csc2ccccc12. The van der Waals surface area contributed by atoms with Gasteiger partial charge in [0, 0.05) is 19.9 Å². The molecule has 0 saturated carbocycles. The number of rotatable bonds is 3. The van der Waals surface area contributed by atoms with Crippen LogP contribution in [-0.4, -0.2) is 19.5 Å². The summed E-state index contributed by atoms with van der Waals surface area (Å²) in [6.45, 7) is 0. The van der Waals surface area contributed by atoms with Gasteiger partial charge in [0.05, 0.1) is 16.1 Å². The molecule has 0 aliphatic heterocycles. The molecule has 3 rings (SSSR count). The summed E-state index contributed by atoms with van der Waals surface area (Å²) in [6.07, 6.45) is 0. The van der Waals surface area contributed by atoms with Gasteiger partial charge in [-0.3, -0.25) is 0 Å². The molecule has 23 heavy (non-hydrogen) atoms. The highest BCUT2D eigenvalue weighted by molar-refractivity contribution is 9.10. The largest absolute Gasteiger partial charge is 0.478 e. The molecule has 3 N–H and O–H groups in total. The van der Waals surface area contributed by atoms with Crippen molar-refractivity contribution in [2.45, 2.75) is 9.79 Å². The smallest absolute Gasteiger partial charge is 0.337 e. The van der Waals surface area contributed by atoms with Crippen molar-refractivity contribution in [3.63, 3.8) is 0 Å². The van der Waals surface area contributed by atoms with E-state index >= 15 is 0 Å². The second-order valence-corrected chi connectivity index (χ2v) is 8.46. The highest BCUT2D eigenvalue weighted by atomic mass is 79.9. The molecule has 3 aromatic rings. The molecule has 0 atom stereocenters. The zero-order valence-corrected chi connectivity index (χ0v) is 14.7. The maximum absolute atomic E-state index is 13.0. The zero-order chi connectivity index (χ0) is 16.8. The maximum Gasteiger partial charge on any atom is 0.337 e. The number of carboxylic acid groups (broad SMARTS) is 1. The minimum Gasteiger partial charge on any atom is -0.478 e. The summed E-state index contributed by atoms with van der Waals surface area (Å²) >= 11 is 4.42. The van der Waals surface area contributed by atoms with Crippen molar-refractivity contribution in [1.29, 1.82) is 0 Å². The first-order valence-electron chi connectivity index (χ1n) is 6.36. The molecule has 0 aliphatic rings. The number of aromatic carboxylic acids is 1. The molecule has 1 aromatic heterocycles. The van der Waals surface area contributed by atoms with Crippen LogP contribution in [0.2, 0.25) is 0 Å². The Morgan fingerprint density at radius 2 is 1.91 bits per heavy atom. The van der Waals surface area contributed by atoms with Gasteiger partial charge in [0.2, 0.25) is 9.84 Å². The van der Waals surface area contributed by atoms with Crippen molar-refractivity contribution in [3.8, 4) is 0 Å². The summed E-state index contributed by atoms with van der Waals surface area (Å²) in [6, 6.07) is 9.66. The molecule has 118 valence electrons. The number of nitrogen functional groups attached to an aromatic ring is 1. The third-order valence-corrected chi connectivity index (χ3v) is 6.80. The van der Waals surface area contributed by atoms with E-state index in [0.717, 1.165) is 4.70 Å². The van der Waals surface area contributed by atoms with Gasteiger partial charge < -0.3 is 10.8 Å². The third kappa shape index (κ3) is 2.62. The Kier molecular flexibility index (Phi) is 3.91. The number of thiophene rings is 1. The number of hydrogen-bond acceptors (Lipinski definition) is 5. The predicted octanol–water partition coefficient (Wildman–Crippen LogP) is 3.78. The number of hydrogen-bond donors (Lipinski definition) is 2. The molecule has 0 radical (unpaired) electrons. The molecule has 0 bridgehead atoms. The number of anilines is 1. The normalized spacial score (nSPS) is 11.7. The Morgan fingerprint density at radius 1 is 1.22 bits per heavy atom. The van der Waals surface area contributed by atoms with Crippen LogP contribution in [0.3, 0.4) is 0 Å². The van der Waals surface area contributed by atoms with Crippen molar-refractivity contribution >= 4 is 58.8 Å². The van der Waals surface area contributed by atoms with E-state index in [4.69, 9.17) is 5.73 Å². The molecule has 1 heterocycles. The molecule has 0 fully saturated rings. The lowest BCUT2D eigenvalue weighted by Gasteiger charge is -2.11. The van der Waals surface area contributed by atoms with Crippen molar-refractivity contribution < 1.29 is 18.3 Å². The van der Waals surface area contributed by atoms with Crippen LogP contribution in [0.5, 0.6) is 0 Å². The molecule has 0 aliphatic carbocycles. The summed E-state index contributed by atoms with van der Waals surface area (Å²) in [4.78, 5) is 11.2. The topological polar surface area (TPSA) is 97.5 Å². The Labute approximate surface area is 144 Å². The predicted molar refractivity (Wildman–Crippen MR) is 92.8 cm³/mol. The molecular formula is C15H10BrNO4S2. The number of sulfone groups is 1. The zero-order valence-electron chi connectivity index (χ0n) is 11.5. The molecule has 0 saturated heterocycles. The van der Waals surface area contributed by atoms with Crippen LogP contribution in [-0.2, 0) is 9.84 Å². The lowest BCUT2D eigenvalue weighted by molar-refractivity contribution is 0.0692. The first-order chi connectivity index (χ1) is 10.8. The van der Waals surface area contributed by atoms with E-state index in [2.05, 4.69) is 15.9 Å². The average Bonchev–Trinajstić information content (AvgIpc) is 2.90. The van der Waals surface area contributed by atoms with Crippen LogP contribution >= 0.6 is 27.3 Å². The number of nitrogens with two attached hydrogens (primary N) is 1. The molecule has 5 nitrogen and oxygen atoms in total. The first-order valence-corrected chi connectivity index (χ1v) is 9.51. The second-order valence-electron chi connectivity index (χ2n) is 4.78. The average molecular weight is 412 g/mol. The minimum atomic E-state index is -4.06. The number of fused-ring (bicyclic) bond motifs is 1. The summed E-state index contributed by atoms with van der Waals surface area (Å²) in [5, 5.41) is 11.4. The van der Waals surface area contributed by atoms with Gasteiger partial charge in [0.15, 0.2) is 0 Å². The molecule has 0 amide bonds. The summed E-state index contributed by atoms with van der Waals surface area (Å²) in [5.74, 6) is -1.35. The van der Waals surface area contributed by atoms with E-state index in [0.29, 0.717) is 9.86 Å². The lowest BCUT2D eigenvalue weighted by atomic mass is 10.2. The Morgan fingerprint density at radius 3 is 2.61 bits per heavy atom. The van der Waals surface area contributed by atoms with Crippen LogP contribution in [0.25, 0.3) is 10.1 Å². The van der Waals surface area contributed by atoms with E-state index in [9.17, 15) is 18.3 Å². The summed E-state index contributed by atoms with van der Waals surface area (Å²) in [7, 11) is -4.06. The fourth-order valence-electron chi connectivity index (χ4n) is 2.34. The van der Waals surface area contributed by atoms with Gasteiger partial charge in [0.25, 0.3) is 0 Å². The quantitative estimate of drug-likeness (QED) is 0.639. The van der Waals surface area contributed by atoms with Crippen LogP contribution in [0.15, 0.2) is 56.0 Å². The van der Waals surface area contributed by atoms with Crippen molar-refractivity contribution in [3.05, 3.63) is 51.8 Å². The number of halogens is 1. The standard InChI is InChI=1S/C15H10BrNO4S2/c16-8-5-10(15(18)19)14(11(17)6-8)23(20,21)13-7-22-12-4-2-1-3-9(12)13/h1-7H,17H2,(H,18,19). The molecule has 0 spiro atoms.